The highest BCUT2D eigenvalue weighted by Gasteiger charge is 2.15. The molecule has 0 unspecified atom stereocenters. The molecule has 0 heterocycles. The van der Waals surface area contributed by atoms with Crippen molar-refractivity contribution in [3.05, 3.63) is 58.7 Å². The van der Waals surface area contributed by atoms with E-state index < -0.39 is 5.97 Å². The lowest BCUT2D eigenvalue weighted by Gasteiger charge is -2.12. The maximum Gasteiger partial charge on any atom is 0.339 e. The van der Waals surface area contributed by atoms with Crippen LogP contribution in [0.25, 0.3) is 0 Å². The van der Waals surface area contributed by atoms with Crippen LogP contribution < -0.4 is 4.74 Å². The quantitative estimate of drug-likeness (QED) is 0.921. The van der Waals surface area contributed by atoms with E-state index in [0.717, 1.165) is 11.1 Å². The maximum absolute atomic E-state index is 11.3. The molecule has 2 aromatic carbocycles. The van der Waals surface area contributed by atoms with Crippen LogP contribution in [0.3, 0.4) is 0 Å². The molecule has 0 aromatic heterocycles. The molecule has 0 amide bonds. The molecular weight excluding hydrogens is 254 g/mol. The van der Waals surface area contributed by atoms with Crippen molar-refractivity contribution in [2.45, 2.75) is 13.8 Å². The van der Waals surface area contributed by atoms with E-state index in [9.17, 15) is 9.90 Å². The Bertz CT molecular complexity index is 714. The predicted molar refractivity (Wildman–Crippen MR) is 74.1 cm³/mol. The molecule has 0 saturated heterocycles. The summed E-state index contributed by atoms with van der Waals surface area (Å²) in [4.78, 5) is 11.3. The van der Waals surface area contributed by atoms with Crippen LogP contribution in [0.2, 0.25) is 0 Å². The van der Waals surface area contributed by atoms with Gasteiger partial charge in [-0.15, -0.1) is 0 Å². The third-order valence-electron chi connectivity index (χ3n) is 2.91. The average molecular weight is 267 g/mol. The summed E-state index contributed by atoms with van der Waals surface area (Å²) in [6, 6.07) is 12.2. The van der Waals surface area contributed by atoms with Gasteiger partial charge in [0.05, 0.1) is 5.56 Å². The van der Waals surface area contributed by atoms with Crippen molar-refractivity contribution in [3.8, 4) is 17.6 Å². The van der Waals surface area contributed by atoms with Crippen LogP contribution in [0.15, 0.2) is 36.4 Å². The predicted octanol–water partition coefficient (Wildman–Crippen LogP) is 3.67. The lowest BCUT2D eigenvalue weighted by Crippen LogP contribution is -2.02. The van der Waals surface area contributed by atoms with Crippen molar-refractivity contribution in [1.82, 2.24) is 0 Å². The highest BCUT2D eigenvalue weighted by Crippen LogP contribution is 2.31. The van der Waals surface area contributed by atoms with Crippen molar-refractivity contribution in [1.29, 1.82) is 5.26 Å². The van der Waals surface area contributed by atoms with Gasteiger partial charge in [-0.05, 0) is 37.6 Å². The number of nitrogens with zero attached hydrogens (tertiary/aromatic N) is 1. The average Bonchev–Trinajstić information content (AvgIpc) is 2.42. The molecule has 2 rings (SSSR count). The van der Waals surface area contributed by atoms with Gasteiger partial charge in [-0.1, -0.05) is 23.8 Å². The van der Waals surface area contributed by atoms with Crippen LogP contribution >= 0.6 is 0 Å². The summed E-state index contributed by atoms with van der Waals surface area (Å²) in [7, 11) is 0. The number of hydrogen-bond donors (Lipinski definition) is 1. The molecule has 4 nitrogen and oxygen atoms in total. The summed E-state index contributed by atoms with van der Waals surface area (Å²) in [6.07, 6.45) is 0. The molecule has 100 valence electrons. The second-order valence-electron chi connectivity index (χ2n) is 4.47. The molecule has 0 spiro atoms. The minimum absolute atomic E-state index is 0.0807. The first-order valence-electron chi connectivity index (χ1n) is 6.04. The van der Waals surface area contributed by atoms with Gasteiger partial charge in [-0.3, -0.25) is 0 Å². The van der Waals surface area contributed by atoms with E-state index in [0.29, 0.717) is 11.3 Å². The third kappa shape index (κ3) is 2.62. The molecule has 4 heteroatoms. The molecular formula is C16H13NO3. The Labute approximate surface area is 116 Å². The van der Waals surface area contributed by atoms with Crippen LogP contribution in [0, 0.1) is 25.2 Å². The van der Waals surface area contributed by atoms with E-state index in [1.54, 1.807) is 30.3 Å². The molecule has 0 fully saturated rings. The third-order valence-corrected chi connectivity index (χ3v) is 2.91. The highest BCUT2D eigenvalue weighted by molar-refractivity contribution is 5.91. The minimum atomic E-state index is -1.06. The highest BCUT2D eigenvalue weighted by atomic mass is 16.5. The molecule has 0 bridgehead atoms. The second-order valence-corrected chi connectivity index (χ2v) is 4.47. The van der Waals surface area contributed by atoms with Gasteiger partial charge in [-0.25, -0.2) is 4.79 Å². The first kappa shape index (κ1) is 13.6. The van der Waals surface area contributed by atoms with Gasteiger partial charge < -0.3 is 9.84 Å². The fourth-order valence-electron chi connectivity index (χ4n) is 1.89. The minimum Gasteiger partial charge on any atom is -0.478 e. The Morgan fingerprint density at radius 1 is 1.25 bits per heavy atom. The van der Waals surface area contributed by atoms with Gasteiger partial charge in [0.2, 0.25) is 0 Å². The summed E-state index contributed by atoms with van der Waals surface area (Å²) in [5, 5.41) is 18.3. The van der Waals surface area contributed by atoms with Gasteiger partial charge in [-0.2, -0.15) is 5.26 Å². The van der Waals surface area contributed by atoms with Crippen LogP contribution in [0.4, 0.5) is 0 Å². The van der Waals surface area contributed by atoms with E-state index in [4.69, 9.17) is 10.00 Å². The lowest BCUT2D eigenvalue weighted by molar-refractivity contribution is 0.0694. The van der Waals surface area contributed by atoms with Crippen LogP contribution in [-0.2, 0) is 0 Å². The number of carbonyl (C=O) groups is 1. The number of rotatable bonds is 3. The first-order valence-corrected chi connectivity index (χ1v) is 6.04. The van der Waals surface area contributed by atoms with Crippen LogP contribution in [0.5, 0.6) is 11.5 Å². The molecule has 0 radical (unpaired) electrons. The van der Waals surface area contributed by atoms with Gasteiger partial charge in [0.25, 0.3) is 0 Å². The number of aromatic carboxylic acids is 1. The van der Waals surface area contributed by atoms with Crippen molar-refractivity contribution in [2.24, 2.45) is 0 Å². The molecule has 20 heavy (non-hydrogen) atoms. The molecule has 2 aromatic rings. The number of nitriles is 1. The lowest BCUT2D eigenvalue weighted by atomic mass is 10.1. The zero-order chi connectivity index (χ0) is 14.7. The van der Waals surface area contributed by atoms with Crippen molar-refractivity contribution < 1.29 is 14.6 Å². The first-order chi connectivity index (χ1) is 9.52. The van der Waals surface area contributed by atoms with Gasteiger partial charge >= 0.3 is 5.97 Å². The van der Waals surface area contributed by atoms with E-state index >= 15 is 0 Å². The molecule has 0 aliphatic rings. The SMILES string of the molecule is Cc1ccc(Oc2c(C)cccc2C#N)c(C(=O)O)c1. The second kappa shape index (κ2) is 5.45. The number of ether oxygens (including phenoxy) is 1. The Kier molecular flexibility index (Phi) is 3.72. The standard InChI is InChI=1S/C16H13NO3/c1-10-6-7-14(13(8-10)16(18)19)20-15-11(2)4-3-5-12(15)9-17/h3-8H,1-2H3,(H,18,19). The Balaban J connectivity index is 2.51. The van der Waals surface area contributed by atoms with Crippen LogP contribution in [-0.4, -0.2) is 11.1 Å². The van der Waals surface area contributed by atoms with E-state index in [1.165, 1.54) is 0 Å². The zero-order valence-electron chi connectivity index (χ0n) is 11.2. The van der Waals surface area contributed by atoms with Gasteiger partial charge in [0, 0.05) is 0 Å². The van der Waals surface area contributed by atoms with E-state index in [-0.39, 0.29) is 11.3 Å². The van der Waals surface area contributed by atoms with Crippen molar-refractivity contribution >= 4 is 5.97 Å². The van der Waals surface area contributed by atoms with Crippen molar-refractivity contribution in [3.63, 3.8) is 0 Å². The molecule has 0 saturated carbocycles. The van der Waals surface area contributed by atoms with Crippen molar-refractivity contribution in [2.75, 3.05) is 0 Å². The number of aryl methyl sites for hydroxylation is 2. The Morgan fingerprint density at radius 2 is 2.00 bits per heavy atom. The largest absolute Gasteiger partial charge is 0.478 e. The van der Waals surface area contributed by atoms with Crippen LogP contribution in [0.1, 0.15) is 27.0 Å². The fraction of sp³-hybridized carbons (Fsp3) is 0.125. The summed E-state index contributed by atoms with van der Waals surface area (Å²) in [5.41, 5.74) is 2.07. The zero-order valence-corrected chi connectivity index (χ0v) is 11.2. The number of para-hydroxylation sites is 1. The normalized spacial score (nSPS) is 9.85. The molecule has 1 N–H and O–H groups in total. The Hall–Kier alpha value is -2.80. The monoisotopic (exact) mass is 267 g/mol. The summed E-state index contributed by atoms with van der Waals surface area (Å²) < 4.78 is 5.68. The number of hydrogen-bond acceptors (Lipinski definition) is 3. The maximum atomic E-state index is 11.3. The van der Waals surface area contributed by atoms with Gasteiger partial charge in [0.1, 0.15) is 23.1 Å². The summed E-state index contributed by atoms with van der Waals surface area (Å²) in [5.74, 6) is -0.439. The Morgan fingerprint density at radius 3 is 2.65 bits per heavy atom. The fourth-order valence-corrected chi connectivity index (χ4v) is 1.89. The number of benzene rings is 2. The molecule has 0 aliphatic heterocycles. The van der Waals surface area contributed by atoms with Gasteiger partial charge in [0.15, 0.2) is 0 Å². The van der Waals surface area contributed by atoms with E-state index in [1.807, 2.05) is 26.0 Å². The summed E-state index contributed by atoms with van der Waals surface area (Å²) in [6.45, 7) is 3.62. The smallest absolute Gasteiger partial charge is 0.339 e. The summed E-state index contributed by atoms with van der Waals surface area (Å²) >= 11 is 0. The molecule has 0 atom stereocenters. The number of carboxylic acid groups (broad SMARTS) is 1. The molecule has 0 aliphatic carbocycles. The number of carboxylic acids is 1. The van der Waals surface area contributed by atoms with E-state index in [2.05, 4.69) is 0 Å². The topological polar surface area (TPSA) is 70.3 Å².